The Morgan fingerprint density at radius 3 is 2.76 bits per heavy atom. The average Bonchev–Trinajstić information content (AvgIpc) is 3.21. The standard InChI is InChI=1S/C17H15F2N3O2S/c1-9(2)15-21-17(24-22-15)14-6-4-11(25-14)8-20-16(23)12-5-3-10(18)7-13(12)19/h3-7,9H,8H2,1-2H3,(H,20,23). The zero-order valence-corrected chi connectivity index (χ0v) is 14.4. The third kappa shape index (κ3) is 3.90. The Morgan fingerprint density at radius 2 is 2.08 bits per heavy atom. The maximum atomic E-state index is 13.6. The summed E-state index contributed by atoms with van der Waals surface area (Å²) in [5.41, 5.74) is -0.198. The third-order valence-electron chi connectivity index (χ3n) is 3.43. The molecule has 25 heavy (non-hydrogen) atoms. The molecule has 0 aliphatic rings. The number of nitrogens with one attached hydrogen (secondary N) is 1. The average molecular weight is 363 g/mol. The fourth-order valence-electron chi connectivity index (χ4n) is 2.09. The number of thiophene rings is 1. The van der Waals surface area contributed by atoms with E-state index in [1.165, 1.54) is 11.3 Å². The minimum atomic E-state index is -0.892. The van der Waals surface area contributed by atoms with E-state index in [9.17, 15) is 13.6 Å². The number of carbonyl (C=O) groups is 1. The van der Waals surface area contributed by atoms with Gasteiger partial charge in [0.1, 0.15) is 11.6 Å². The molecule has 2 aromatic heterocycles. The summed E-state index contributed by atoms with van der Waals surface area (Å²) < 4.78 is 31.7. The minimum absolute atomic E-state index is 0.168. The van der Waals surface area contributed by atoms with Crippen LogP contribution in [0, 0.1) is 11.6 Å². The molecule has 1 aromatic carbocycles. The van der Waals surface area contributed by atoms with E-state index < -0.39 is 17.5 Å². The van der Waals surface area contributed by atoms with Gasteiger partial charge in [-0.3, -0.25) is 4.79 Å². The van der Waals surface area contributed by atoms with E-state index in [-0.39, 0.29) is 18.0 Å². The number of rotatable bonds is 5. The molecule has 0 atom stereocenters. The number of hydrogen-bond acceptors (Lipinski definition) is 5. The van der Waals surface area contributed by atoms with Crippen LogP contribution < -0.4 is 5.32 Å². The van der Waals surface area contributed by atoms with Crippen molar-refractivity contribution in [2.24, 2.45) is 0 Å². The van der Waals surface area contributed by atoms with E-state index in [2.05, 4.69) is 15.5 Å². The van der Waals surface area contributed by atoms with Gasteiger partial charge in [-0.2, -0.15) is 4.98 Å². The molecule has 0 aliphatic heterocycles. The van der Waals surface area contributed by atoms with E-state index in [0.29, 0.717) is 17.8 Å². The van der Waals surface area contributed by atoms with Gasteiger partial charge in [-0.1, -0.05) is 19.0 Å². The van der Waals surface area contributed by atoms with Gasteiger partial charge in [-0.05, 0) is 24.3 Å². The first kappa shape index (κ1) is 17.2. The summed E-state index contributed by atoms with van der Waals surface area (Å²) in [6.45, 7) is 4.16. The molecule has 1 amide bonds. The molecule has 5 nitrogen and oxygen atoms in total. The summed E-state index contributed by atoms with van der Waals surface area (Å²) in [6, 6.07) is 6.48. The Bertz CT molecular complexity index is 905. The second-order valence-corrected chi connectivity index (χ2v) is 6.85. The zero-order chi connectivity index (χ0) is 18.0. The van der Waals surface area contributed by atoms with Crippen molar-refractivity contribution in [1.82, 2.24) is 15.5 Å². The Kier molecular flexibility index (Phi) is 4.89. The van der Waals surface area contributed by atoms with Gasteiger partial charge in [0.25, 0.3) is 11.8 Å². The van der Waals surface area contributed by atoms with Crippen molar-refractivity contribution in [1.29, 1.82) is 0 Å². The molecule has 0 bridgehead atoms. The van der Waals surface area contributed by atoms with Gasteiger partial charge in [-0.25, -0.2) is 8.78 Å². The van der Waals surface area contributed by atoms with E-state index >= 15 is 0 Å². The van der Waals surface area contributed by atoms with Gasteiger partial charge in [0.15, 0.2) is 5.82 Å². The van der Waals surface area contributed by atoms with Crippen LogP contribution in [-0.2, 0) is 6.54 Å². The first-order valence-corrected chi connectivity index (χ1v) is 8.41. The summed E-state index contributed by atoms with van der Waals surface area (Å²) >= 11 is 1.39. The number of aromatic nitrogens is 2. The minimum Gasteiger partial charge on any atom is -0.347 e. The number of hydrogen-bond donors (Lipinski definition) is 1. The first-order valence-electron chi connectivity index (χ1n) is 7.60. The molecule has 3 aromatic rings. The molecular weight excluding hydrogens is 348 g/mol. The number of amides is 1. The normalized spacial score (nSPS) is 11.1. The van der Waals surface area contributed by atoms with Crippen molar-refractivity contribution in [3.8, 4) is 10.8 Å². The predicted octanol–water partition coefficient (Wildman–Crippen LogP) is 4.13. The molecule has 0 aliphatic carbocycles. The lowest BCUT2D eigenvalue weighted by Crippen LogP contribution is -2.23. The fraction of sp³-hybridized carbons (Fsp3) is 0.235. The second kappa shape index (κ2) is 7.10. The highest BCUT2D eigenvalue weighted by atomic mass is 32.1. The Morgan fingerprint density at radius 1 is 1.28 bits per heavy atom. The lowest BCUT2D eigenvalue weighted by Gasteiger charge is -2.04. The Hall–Kier alpha value is -2.61. The van der Waals surface area contributed by atoms with Gasteiger partial charge in [-0.15, -0.1) is 11.3 Å². The lowest BCUT2D eigenvalue weighted by atomic mass is 10.2. The maximum absolute atomic E-state index is 13.6. The van der Waals surface area contributed by atoms with Crippen LogP contribution in [-0.4, -0.2) is 16.0 Å². The smallest absolute Gasteiger partial charge is 0.268 e. The van der Waals surface area contributed by atoms with Gasteiger partial charge in [0.05, 0.1) is 17.0 Å². The second-order valence-electron chi connectivity index (χ2n) is 5.69. The van der Waals surface area contributed by atoms with Gasteiger partial charge in [0.2, 0.25) is 0 Å². The first-order chi connectivity index (χ1) is 11.9. The highest BCUT2D eigenvalue weighted by Crippen LogP contribution is 2.27. The molecule has 130 valence electrons. The van der Waals surface area contributed by atoms with Crippen molar-refractivity contribution >= 4 is 17.2 Å². The fourth-order valence-corrected chi connectivity index (χ4v) is 2.96. The van der Waals surface area contributed by atoms with E-state index in [4.69, 9.17) is 4.52 Å². The summed E-state index contributed by atoms with van der Waals surface area (Å²) in [5.74, 6) is -0.997. The number of benzene rings is 1. The number of nitrogens with zero attached hydrogens (tertiary/aromatic N) is 2. The van der Waals surface area contributed by atoms with Crippen LogP contribution in [0.4, 0.5) is 8.78 Å². The SMILES string of the molecule is CC(C)c1noc(-c2ccc(CNC(=O)c3ccc(F)cc3F)s2)n1. The summed E-state index contributed by atoms with van der Waals surface area (Å²) in [4.78, 5) is 17.9. The summed E-state index contributed by atoms with van der Waals surface area (Å²) in [7, 11) is 0. The molecule has 0 saturated heterocycles. The zero-order valence-electron chi connectivity index (χ0n) is 13.5. The number of halogens is 2. The molecule has 2 heterocycles. The number of carbonyl (C=O) groups excluding carboxylic acids is 1. The van der Waals surface area contributed by atoms with Crippen LogP contribution >= 0.6 is 11.3 Å². The molecule has 0 saturated carbocycles. The van der Waals surface area contributed by atoms with Crippen LogP contribution in [0.15, 0.2) is 34.9 Å². The van der Waals surface area contributed by atoms with Crippen molar-refractivity contribution in [2.75, 3.05) is 0 Å². The quantitative estimate of drug-likeness (QED) is 0.740. The molecule has 0 radical (unpaired) electrons. The van der Waals surface area contributed by atoms with Crippen LogP contribution in [0.1, 0.15) is 40.8 Å². The molecular formula is C17H15F2N3O2S. The largest absolute Gasteiger partial charge is 0.347 e. The van der Waals surface area contributed by atoms with Crippen LogP contribution in [0.3, 0.4) is 0 Å². The van der Waals surface area contributed by atoms with Crippen molar-refractivity contribution in [3.05, 3.63) is 58.2 Å². The Balaban J connectivity index is 1.66. The highest BCUT2D eigenvalue weighted by Gasteiger charge is 2.15. The summed E-state index contributed by atoms with van der Waals surface area (Å²) in [5, 5.41) is 6.52. The van der Waals surface area contributed by atoms with Crippen LogP contribution in [0.25, 0.3) is 10.8 Å². The van der Waals surface area contributed by atoms with E-state index in [1.54, 1.807) is 0 Å². The molecule has 3 rings (SSSR count). The van der Waals surface area contributed by atoms with Crippen LogP contribution in [0.2, 0.25) is 0 Å². The van der Waals surface area contributed by atoms with Gasteiger partial charge >= 0.3 is 0 Å². The maximum Gasteiger partial charge on any atom is 0.268 e. The van der Waals surface area contributed by atoms with E-state index in [1.807, 2.05) is 26.0 Å². The summed E-state index contributed by atoms with van der Waals surface area (Å²) in [6.07, 6.45) is 0. The van der Waals surface area contributed by atoms with Crippen molar-refractivity contribution < 1.29 is 18.1 Å². The molecule has 0 fully saturated rings. The monoisotopic (exact) mass is 363 g/mol. The van der Waals surface area contributed by atoms with E-state index in [0.717, 1.165) is 21.9 Å². The topological polar surface area (TPSA) is 68.0 Å². The molecule has 1 N–H and O–H groups in total. The molecule has 0 unspecified atom stereocenters. The Labute approximate surface area is 146 Å². The van der Waals surface area contributed by atoms with Gasteiger partial charge < -0.3 is 9.84 Å². The predicted molar refractivity (Wildman–Crippen MR) is 89.2 cm³/mol. The third-order valence-corrected chi connectivity index (χ3v) is 4.50. The molecule has 8 heteroatoms. The molecule has 0 spiro atoms. The lowest BCUT2D eigenvalue weighted by molar-refractivity contribution is 0.0947. The van der Waals surface area contributed by atoms with Gasteiger partial charge in [0, 0.05) is 16.9 Å². The van der Waals surface area contributed by atoms with Crippen LogP contribution in [0.5, 0.6) is 0 Å². The van der Waals surface area contributed by atoms with Crippen molar-refractivity contribution in [2.45, 2.75) is 26.3 Å². The van der Waals surface area contributed by atoms with Crippen molar-refractivity contribution in [3.63, 3.8) is 0 Å². The highest BCUT2D eigenvalue weighted by molar-refractivity contribution is 7.15.